The van der Waals surface area contributed by atoms with Gasteiger partial charge in [0.2, 0.25) is 0 Å². The van der Waals surface area contributed by atoms with Crippen LogP contribution >= 0.6 is 24.0 Å². The number of piperidine rings is 1. The van der Waals surface area contributed by atoms with Crippen molar-refractivity contribution in [2.45, 2.75) is 38.4 Å². The number of guanidine groups is 1. The largest absolute Gasteiger partial charge is 0.468 e. The highest BCUT2D eigenvalue weighted by atomic mass is 127. The summed E-state index contributed by atoms with van der Waals surface area (Å²) in [6.45, 7) is 5.00. The molecule has 1 fully saturated rings. The molecule has 0 bridgehead atoms. The number of likely N-dealkylation sites (N-methyl/N-ethyl adjacent to an activating group) is 1. The third-order valence-corrected chi connectivity index (χ3v) is 5.52. The van der Waals surface area contributed by atoms with Gasteiger partial charge < -0.3 is 15.1 Å². The molecule has 1 aliphatic heterocycles. The summed E-state index contributed by atoms with van der Waals surface area (Å²) in [5, 5.41) is 6.81. The van der Waals surface area contributed by atoms with Gasteiger partial charge in [0.05, 0.1) is 12.3 Å². The van der Waals surface area contributed by atoms with Gasteiger partial charge in [-0.3, -0.25) is 14.8 Å². The van der Waals surface area contributed by atoms with E-state index in [0.29, 0.717) is 0 Å². The topological polar surface area (TPSA) is 56.0 Å². The van der Waals surface area contributed by atoms with E-state index < -0.39 is 0 Å². The average Bonchev–Trinajstić information content (AvgIpc) is 3.26. The molecule has 2 N–H and O–H groups in total. The van der Waals surface area contributed by atoms with E-state index in [9.17, 15) is 0 Å². The first-order chi connectivity index (χ1) is 14.2. The molecule has 0 radical (unpaired) electrons. The van der Waals surface area contributed by atoms with Crippen molar-refractivity contribution in [1.82, 2.24) is 20.4 Å². The Labute approximate surface area is 198 Å². The van der Waals surface area contributed by atoms with Crippen molar-refractivity contribution in [3.8, 4) is 0 Å². The highest BCUT2D eigenvalue weighted by Crippen LogP contribution is 2.17. The lowest BCUT2D eigenvalue weighted by molar-refractivity contribution is 0.221. The van der Waals surface area contributed by atoms with Gasteiger partial charge in [-0.2, -0.15) is 0 Å². The second kappa shape index (κ2) is 13.0. The predicted molar refractivity (Wildman–Crippen MR) is 134 cm³/mol. The molecule has 1 atom stereocenters. The molecule has 6 nitrogen and oxygen atoms in total. The van der Waals surface area contributed by atoms with Gasteiger partial charge in [-0.25, -0.2) is 0 Å². The van der Waals surface area contributed by atoms with Crippen LogP contribution < -0.4 is 10.6 Å². The molecule has 0 spiro atoms. The lowest BCUT2D eigenvalue weighted by Gasteiger charge is -2.26. The minimum absolute atomic E-state index is 0. The van der Waals surface area contributed by atoms with Crippen molar-refractivity contribution in [2.24, 2.45) is 4.99 Å². The van der Waals surface area contributed by atoms with Crippen LogP contribution in [0.5, 0.6) is 0 Å². The zero-order chi connectivity index (χ0) is 20.5. The number of rotatable bonds is 8. The summed E-state index contributed by atoms with van der Waals surface area (Å²) in [5.41, 5.74) is 2.65. The van der Waals surface area contributed by atoms with Crippen LogP contribution in [-0.4, -0.2) is 56.5 Å². The normalized spacial score (nSPS) is 16.2. The highest BCUT2D eigenvalue weighted by Gasteiger charge is 2.17. The fourth-order valence-corrected chi connectivity index (χ4v) is 3.76. The Hall–Kier alpha value is -1.58. The van der Waals surface area contributed by atoms with Crippen LogP contribution in [0.1, 0.15) is 42.2 Å². The average molecular weight is 525 g/mol. The Morgan fingerprint density at radius 3 is 2.37 bits per heavy atom. The van der Waals surface area contributed by atoms with Crippen LogP contribution in [0, 0.1) is 0 Å². The van der Waals surface area contributed by atoms with Crippen molar-refractivity contribution in [1.29, 1.82) is 0 Å². The highest BCUT2D eigenvalue weighted by molar-refractivity contribution is 14.0. The van der Waals surface area contributed by atoms with E-state index in [1.54, 1.807) is 13.3 Å². The van der Waals surface area contributed by atoms with Crippen LogP contribution in [0.25, 0.3) is 0 Å². The minimum atomic E-state index is 0. The maximum absolute atomic E-state index is 5.57. The van der Waals surface area contributed by atoms with E-state index in [4.69, 9.17) is 4.42 Å². The Balaban J connectivity index is 0.00000320. The molecular formula is C23H36IN5O. The Morgan fingerprint density at radius 2 is 1.77 bits per heavy atom. The van der Waals surface area contributed by atoms with E-state index in [0.717, 1.165) is 31.4 Å². The first-order valence-corrected chi connectivity index (χ1v) is 10.6. The van der Waals surface area contributed by atoms with Gasteiger partial charge in [0.1, 0.15) is 5.76 Å². The van der Waals surface area contributed by atoms with Crippen molar-refractivity contribution >= 4 is 29.9 Å². The van der Waals surface area contributed by atoms with Gasteiger partial charge >= 0.3 is 0 Å². The number of likely N-dealkylation sites (tertiary alicyclic amines) is 1. The summed E-state index contributed by atoms with van der Waals surface area (Å²) in [6.07, 6.45) is 5.77. The van der Waals surface area contributed by atoms with Gasteiger partial charge in [-0.1, -0.05) is 30.7 Å². The summed E-state index contributed by atoms with van der Waals surface area (Å²) in [4.78, 5) is 9.05. The number of furan rings is 1. The third kappa shape index (κ3) is 7.59. The summed E-state index contributed by atoms with van der Waals surface area (Å²) in [7, 11) is 5.90. The van der Waals surface area contributed by atoms with Crippen molar-refractivity contribution in [3.63, 3.8) is 0 Å². The monoisotopic (exact) mass is 525 g/mol. The molecule has 7 heteroatoms. The molecule has 30 heavy (non-hydrogen) atoms. The zero-order valence-electron chi connectivity index (χ0n) is 18.4. The quantitative estimate of drug-likeness (QED) is 0.312. The van der Waals surface area contributed by atoms with Crippen molar-refractivity contribution < 1.29 is 4.42 Å². The lowest BCUT2D eigenvalue weighted by Crippen LogP contribution is -2.41. The van der Waals surface area contributed by atoms with Gasteiger partial charge in [-0.05, 0) is 63.3 Å². The number of nitrogens with zero attached hydrogens (tertiary/aromatic N) is 3. The minimum Gasteiger partial charge on any atom is -0.468 e. The number of benzene rings is 1. The number of halogens is 1. The standard InChI is InChI=1S/C23H35N5O.HI/c1-24-23(26-17-21(27(2)3)22-8-7-15-29-22)25-16-19-9-11-20(12-10-19)18-28-13-5-4-6-14-28;/h7-12,15,21H,4-6,13-14,16-18H2,1-3H3,(H2,24,25,26);1H. The van der Waals surface area contributed by atoms with E-state index in [1.807, 2.05) is 12.1 Å². The molecule has 1 aromatic carbocycles. The molecule has 1 unspecified atom stereocenters. The Morgan fingerprint density at radius 1 is 1.07 bits per heavy atom. The predicted octanol–water partition coefficient (Wildman–Crippen LogP) is 3.85. The maximum atomic E-state index is 5.57. The van der Waals surface area contributed by atoms with Gasteiger partial charge in [-0.15, -0.1) is 24.0 Å². The lowest BCUT2D eigenvalue weighted by atomic mass is 10.1. The zero-order valence-corrected chi connectivity index (χ0v) is 20.8. The Kier molecular flexibility index (Phi) is 10.7. The number of nitrogens with one attached hydrogen (secondary N) is 2. The number of aliphatic imine (C=N–C) groups is 1. The molecule has 0 aliphatic carbocycles. The van der Waals surface area contributed by atoms with Crippen molar-refractivity contribution in [2.75, 3.05) is 40.8 Å². The first-order valence-electron chi connectivity index (χ1n) is 10.6. The number of hydrogen-bond acceptors (Lipinski definition) is 4. The fraction of sp³-hybridized carbons (Fsp3) is 0.522. The SMILES string of the molecule is CN=C(NCc1ccc(CN2CCCCC2)cc1)NCC(c1ccco1)N(C)C.I. The first kappa shape index (κ1) is 24.7. The fourth-order valence-electron chi connectivity index (χ4n) is 3.76. The van der Waals surface area contributed by atoms with Crippen LogP contribution in [-0.2, 0) is 13.1 Å². The van der Waals surface area contributed by atoms with E-state index in [2.05, 4.69) is 63.8 Å². The Bertz CT molecular complexity index is 739. The van der Waals surface area contributed by atoms with Crippen LogP contribution in [0.3, 0.4) is 0 Å². The molecule has 1 aromatic heterocycles. The van der Waals surface area contributed by atoms with Crippen LogP contribution in [0.4, 0.5) is 0 Å². The molecule has 166 valence electrons. The summed E-state index contributed by atoms with van der Waals surface area (Å²) in [5.74, 6) is 1.74. The van der Waals surface area contributed by atoms with E-state index >= 15 is 0 Å². The third-order valence-electron chi connectivity index (χ3n) is 5.52. The van der Waals surface area contributed by atoms with Gasteiger partial charge in [0.25, 0.3) is 0 Å². The molecular weight excluding hydrogens is 489 g/mol. The smallest absolute Gasteiger partial charge is 0.191 e. The maximum Gasteiger partial charge on any atom is 0.191 e. The summed E-state index contributed by atoms with van der Waals surface area (Å²) in [6, 6.07) is 13.0. The van der Waals surface area contributed by atoms with E-state index in [1.165, 1.54) is 43.5 Å². The molecule has 0 saturated carbocycles. The van der Waals surface area contributed by atoms with E-state index in [-0.39, 0.29) is 30.0 Å². The number of hydrogen-bond donors (Lipinski definition) is 2. The second-order valence-electron chi connectivity index (χ2n) is 7.95. The summed E-state index contributed by atoms with van der Waals surface area (Å²) < 4.78 is 5.57. The molecule has 1 saturated heterocycles. The molecule has 2 aromatic rings. The van der Waals surface area contributed by atoms with Crippen LogP contribution in [0.2, 0.25) is 0 Å². The molecule has 3 rings (SSSR count). The molecule has 0 amide bonds. The van der Waals surface area contributed by atoms with Gasteiger partial charge in [0, 0.05) is 26.7 Å². The summed E-state index contributed by atoms with van der Waals surface area (Å²) >= 11 is 0. The van der Waals surface area contributed by atoms with Crippen molar-refractivity contribution in [3.05, 3.63) is 59.5 Å². The van der Waals surface area contributed by atoms with Crippen LogP contribution in [0.15, 0.2) is 52.1 Å². The second-order valence-corrected chi connectivity index (χ2v) is 7.95. The molecule has 2 heterocycles. The molecule has 1 aliphatic rings. The van der Waals surface area contributed by atoms with Gasteiger partial charge in [0.15, 0.2) is 5.96 Å².